The van der Waals surface area contributed by atoms with Gasteiger partial charge in [-0.3, -0.25) is 4.79 Å². The van der Waals surface area contributed by atoms with Crippen LogP contribution in [-0.4, -0.2) is 18.1 Å². The summed E-state index contributed by atoms with van der Waals surface area (Å²) in [6.45, 7) is 1.67. The normalized spacial score (nSPS) is 9.69. The molecule has 1 aromatic heterocycles. The van der Waals surface area contributed by atoms with Crippen molar-refractivity contribution in [2.24, 2.45) is 0 Å². The first kappa shape index (κ1) is 9.31. The molecule has 0 saturated heterocycles. The number of aryl methyl sites for hydroxylation is 1. The summed E-state index contributed by atoms with van der Waals surface area (Å²) < 4.78 is 4.46. The summed E-state index contributed by atoms with van der Waals surface area (Å²) in [7, 11) is 1.25. The highest BCUT2D eigenvalue weighted by Gasteiger charge is 2.11. The Bertz CT molecular complexity index is 395. The maximum absolute atomic E-state index is 11.1. The molecule has 0 amide bonds. The van der Waals surface area contributed by atoms with Gasteiger partial charge in [0.1, 0.15) is 5.69 Å². The summed E-state index contributed by atoms with van der Waals surface area (Å²) in [6, 6.07) is 1.44. The minimum Gasteiger partial charge on any atom is -0.464 e. The number of hydrogen-bond acceptors (Lipinski definition) is 4. The lowest BCUT2D eigenvalue weighted by Gasteiger charge is -2.03. The average Bonchev–Trinajstić information content (AvgIpc) is 2.10. The van der Waals surface area contributed by atoms with Gasteiger partial charge in [-0.2, -0.15) is 0 Å². The summed E-state index contributed by atoms with van der Waals surface area (Å²) in [4.78, 5) is 24.4. The van der Waals surface area contributed by atoms with E-state index >= 15 is 0 Å². The van der Waals surface area contributed by atoms with Crippen molar-refractivity contribution in [3.63, 3.8) is 0 Å². The molecular formula is C8H10N2O3. The fraction of sp³-hybridized carbons (Fsp3) is 0.250. The highest BCUT2D eigenvalue weighted by molar-refractivity contribution is 5.88. The molecular weight excluding hydrogens is 172 g/mol. The molecule has 1 aromatic rings. The van der Waals surface area contributed by atoms with Crippen molar-refractivity contribution in [3.8, 4) is 0 Å². The predicted molar refractivity (Wildman–Crippen MR) is 47.6 cm³/mol. The van der Waals surface area contributed by atoms with Crippen molar-refractivity contribution in [2.45, 2.75) is 6.92 Å². The molecule has 0 aliphatic carbocycles. The van der Waals surface area contributed by atoms with Crippen LogP contribution in [0.4, 0.5) is 5.69 Å². The van der Waals surface area contributed by atoms with E-state index in [9.17, 15) is 9.59 Å². The van der Waals surface area contributed by atoms with Crippen LogP contribution in [0.1, 0.15) is 16.1 Å². The molecule has 1 heterocycles. The molecule has 0 unspecified atom stereocenters. The van der Waals surface area contributed by atoms with Crippen LogP contribution in [0.3, 0.4) is 0 Å². The number of hydrogen-bond donors (Lipinski definition) is 2. The van der Waals surface area contributed by atoms with E-state index < -0.39 is 11.5 Å². The Morgan fingerprint density at radius 1 is 1.62 bits per heavy atom. The molecule has 0 bridgehead atoms. The van der Waals surface area contributed by atoms with Gasteiger partial charge in [0.2, 0.25) is 0 Å². The van der Waals surface area contributed by atoms with E-state index in [1.807, 2.05) is 0 Å². The van der Waals surface area contributed by atoms with Gasteiger partial charge in [-0.25, -0.2) is 4.79 Å². The predicted octanol–water partition coefficient (Wildman–Crippen LogP) is 0.0521. The van der Waals surface area contributed by atoms with Gasteiger partial charge in [0.25, 0.3) is 5.56 Å². The van der Waals surface area contributed by atoms with Gasteiger partial charge in [0.15, 0.2) is 0 Å². The number of carbonyl (C=O) groups excluding carboxylic acids is 1. The largest absolute Gasteiger partial charge is 0.464 e. The number of nitrogens with one attached hydrogen (secondary N) is 1. The van der Waals surface area contributed by atoms with Gasteiger partial charge < -0.3 is 15.5 Å². The minimum absolute atomic E-state index is 0.0881. The van der Waals surface area contributed by atoms with Gasteiger partial charge in [-0.1, -0.05) is 0 Å². The zero-order valence-corrected chi connectivity index (χ0v) is 7.38. The van der Waals surface area contributed by atoms with Gasteiger partial charge in [-0.15, -0.1) is 0 Å². The minimum atomic E-state index is -0.574. The number of nitrogens with two attached hydrogens (primary N) is 1. The molecule has 3 N–H and O–H groups in total. The van der Waals surface area contributed by atoms with Gasteiger partial charge in [0, 0.05) is 0 Å². The molecule has 0 radical (unpaired) electrons. The highest BCUT2D eigenvalue weighted by atomic mass is 16.5. The second-order valence-corrected chi connectivity index (χ2v) is 2.60. The number of methoxy groups -OCH3 is 1. The molecule has 0 atom stereocenters. The van der Waals surface area contributed by atoms with Crippen LogP contribution in [0, 0.1) is 6.92 Å². The second-order valence-electron chi connectivity index (χ2n) is 2.60. The first-order chi connectivity index (χ1) is 6.06. The lowest BCUT2D eigenvalue weighted by Crippen LogP contribution is -2.18. The summed E-state index contributed by atoms with van der Waals surface area (Å²) in [5, 5.41) is 0. The first-order valence-corrected chi connectivity index (χ1v) is 3.64. The van der Waals surface area contributed by atoms with Crippen LogP contribution >= 0.6 is 0 Å². The van der Waals surface area contributed by atoms with Gasteiger partial charge >= 0.3 is 5.97 Å². The van der Waals surface area contributed by atoms with E-state index in [1.54, 1.807) is 6.92 Å². The number of aromatic amines is 1. The van der Waals surface area contributed by atoms with Crippen LogP contribution in [0.15, 0.2) is 10.9 Å². The molecule has 1 rings (SSSR count). The lowest BCUT2D eigenvalue weighted by molar-refractivity contribution is 0.0593. The van der Waals surface area contributed by atoms with Crippen LogP contribution in [0.5, 0.6) is 0 Å². The van der Waals surface area contributed by atoms with Crippen molar-refractivity contribution >= 4 is 11.7 Å². The number of carbonyl (C=O) groups is 1. The molecule has 0 aliphatic rings. The number of nitrogen functional groups attached to an aromatic ring is 1. The van der Waals surface area contributed by atoms with E-state index in [1.165, 1.54) is 13.2 Å². The number of ether oxygens (including phenoxy) is 1. The molecule has 0 aliphatic heterocycles. The van der Waals surface area contributed by atoms with E-state index in [0.717, 1.165) is 0 Å². The molecule has 5 nitrogen and oxygen atoms in total. The van der Waals surface area contributed by atoms with E-state index in [-0.39, 0.29) is 11.4 Å². The van der Waals surface area contributed by atoms with E-state index in [2.05, 4.69) is 9.72 Å². The summed E-state index contributed by atoms with van der Waals surface area (Å²) in [5.41, 5.74) is 5.67. The molecule has 70 valence electrons. The number of H-pyrrole nitrogens is 1. The Hall–Kier alpha value is -1.78. The quantitative estimate of drug-likeness (QED) is 0.601. The Labute approximate surface area is 74.5 Å². The monoisotopic (exact) mass is 182 g/mol. The maximum Gasteiger partial charge on any atom is 0.354 e. The van der Waals surface area contributed by atoms with Crippen molar-refractivity contribution in [1.82, 2.24) is 4.98 Å². The molecule has 0 saturated carbocycles. The maximum atomic E-state index is 11.1. The third-order valence-corrected chi connectivity index (χ3v) is 1.66. The van der Waals surface area contributed by atoms with Gasteiger partial charge in [-0.05, 0) is 18.6 Å². The fourth-order valence-corrected chi connectivity index (χ4v) is 0.969. The van der Waals surface area contributed by atoms with Crippen molar-refractivity contribution < 1.29 is 9.53 Å². The summed E-state index contributed by atoms with van der Waals surface area (Å²) in [6.07, 6.45) is 0. The Balaban J connectivity index is 3.32. The molecule has 0 fully saturated rings. The molecule has 0 aromatic carbocycles. The van der Waals surface area contributed by atoms with Crippen LogP contribution in [0.2, 0.25) is 0 Å². The SMILES string of the molecule is COC(=O)c1[nH]c(=O)c(N)cc1C. The zero-order valence-electron chi connectivity index (χ0n) is 7.38. The Kier molecular flexibility index (Phi) is 2.36. The molecule has 13 heavy (non-hydrogen) atoms. The number of rotatable bonds is 1. The van der Waals surface area contributed by atoms with Crippen molar-refractivity contribution in [2.75, 3.05) is 12.8 Å². The van der Waals surface area contributed by atoms with Crippen LogP contribution in [-0.2, 0) is 4.74 Å². The number of anilines is 1. The van der Waals surface area contributed by atoms with Gasteiger partial charge in [0.05, 0.1) is 12.8 Å². The zero-order chi connectivity index (χ0) is 10.0. The first-order valence-electron chi connectivity index (χ1n) is 3.64. The summed E-state index contributed by atoms with van der Waals surface area (Å²) >= 11 is 0. The highest BCUT2D eigenvalue weighted by Crippen LogP contribution is 2.05. The van der Waals surface area contributed by atoms with E-state index in [0.29, 0.717) is 5.56 Å². The third kappa shape index (κ3) is 1.69. The third-order valence-electron chi connectivity index (χ3n) is 1.66. The topological polar surface area (TPSA) is 85.2 Å². The second kappa shape index (κ2) is 3.30. The van der Waals surface area contributed by atoms with Crippen molar-refractivity contribution in [1.29, 1.82) is 0 Å². The standard InChI is InChI=1S/C8H10N2O3/c1-4-3-5(9)7(11)10-6(4)8(12)13-2/h3H,9H2,1-2H3,(H,10,11). The van der Waals surface area contributed by atoms with Crippen molar-refractivity contribution in [3.05, 3.63) is 27.7 Å². The number of esters is 1. The van der Waals surface area contributed by atoms with E-state index in [4.69, 9.17) is 5.73 Å². The summed E-state index contributed by atoms with van der Waals surface area (Å²) in [5.74, 6) is -0.574. The molecule has 5 heteroatoms. The Morgan fingerprint density at radius 2 is 2.23 bits per heavy atom. The fourth-order valence-electron chi connectivity index (χ4n) is 0.969. The smallest absolute Gasteiger partial charge is 0.354 e. The lowest BCUT2D eigenvalue weighted by atomic mass is 10.2. The van der Waals surface area contributed by atoms with Crippen LogP contribution < -0.4 is 11.3 Å². The number of aromatic nitrogens is 1. The Morgan fingerprint density at radius 3 is 2.77 bits per heavy atom. The number of pyridine rings is 1. The molecule has 0 spiro atoms. The van der Waals surface area contributed by atoms with Crippen LogP contribution in [0.25, 0.3) is 0 Å². The average molecular weight is 182 g/mol.